The summed E-state index contributed by atoms with van der Waals surface area (Å²) in [6.07, 6.45) is 1.35. The normalized spacial score (nSPS) is 9.31. The molecule has 1 aromatic rings. The number of hydrogen-bond acceptors (Lipinski definition) is 4. The van der Waals surface area contributed by atoms with Gasteiger partial charge in [0.25, 0.3) is 0 Å². The molecule has 13 heavy (non-hydrogen) atoms. The van der Waals surface area contributed by atoms with Crippen LogP contribution in [-0.4, -0.2) is 22.0 Å². The van der Waals surface area contributed by atoms with Gasteiger partial charge in [-0.3, -0.25) is 4.79 Å². The molecular weight excluding hydrogens is 174 g/mol. The van der Waals surface area contributed by atoms with Gasteiger partial charge >= 0.3 is 11.9 Å². The second-order valence-electron chi connectivity index (χ2n) is 2.25. The Morgan fingerprint density at radius 2 is 2.23 bits per heavy atom. The summed E-state index contributed by atoms with van der Waals surface area (Å²) in [4.78, 5) is 24.7. The van der Waals surface area contributed by atoms with Gasteiger partial charge in [-0.1, -0.05) is 0 Å². The maximum atomic E-state index is 10.6. The smallest absolute Gasteiger partial charge is 0.341 e. The summed E-state index contributed by atoms with van der Waals surface area (Å²) in [6, 6.07) is 2.77. The minimum atomic E-state index is -1.18. The zero-order valence-electron chi connectivity index (χ0n) is 6.85. The average Bonchev–Trinajstić information content (AvgIpc) is 2.03. The first-order valence-corrected chi connectivity index (χ1v) is 3.48. The van der Waals surface area contributed by atoms with Crippen molar-refractivity contribution in [1.29, 1.82) is 0 Å². The number of nitrogens with zero attached hydrogens (tertiary/aromatic N) is 1. The summed E-state index contributed by atoms with van der Waals surface area (Å²) in [7, 11) is 0. The standard InChI is InChI=1S/C8H7NO4/c1-5(10)13-7-6(8(11)12)3-2-4-9-7/h2-4H,1H3,(H,11,12). The van der Waals surface area contributed by atoms with Gasteiger partial charge < -0.3 is 9.84 Å². The Labute approximate surface area is 74.0 Å². The Balaban J connectivity index is 3.04. The van der Waals surface area contributed by atoms with Crippen molar-refractivity contribution in [2.75, 3.05) is 0 Å². The highest BCUT2D eigenvalue weighted by molar-refractivity contribution is 5.90. The van der Waals surface area contributed by atoms with E-state index in [4.69, 9.17) is 5.11 Å². The summed E-state index contributed by atoms with van der Waals surface area (Å²) in [5, 5.41) is 8.65. The molecule has 1 heterocycles. The maximum Gasteiger partial charge on any atom is 0.341 e. The highest BCUT2D eigenvalue weighted by Gasteiger charge is 2.12. The number of pyridine rings is 1. The largest absolute Gasteiger partial charge is 0.477 e. The van der Waals surface area contributed by atoms with Crippen LogP contribution in [0.2, 0.25) is 0 Å². The Hall–Kier alpha value is -1.91. The predicted octanol–water partition coefficient (Wildman–Crippen LogP) is 0.705. The van der Waals surface area contributed by atoms with E-state index in [0.717, 1.165) is 0 Å². The van der Waals surface area contributed by atoms with Gasteiger partial charge in [0.15, 0.2) is 0 Å². The second kappa shape index (κ2) is 3.66. The molecule has 0 saturated carbocycles. The number of carbonyl (C=O) groups is 2. The van der Waals surface area contributed by atoms with E-state index >= 15 is 0 Å². The lowest BCUT2D eigenvalue weighted by atomic mass is 10.3. The minimum Gasteiger partial charge on any atom is -0.477 e. The van der Waals surface area contributed by atoms with Gasteiger partial charge in [-0.25, -0.2) is 9.78 Å². The van der Waals surface area contributed by atoms with Gasteiger partial charge in [-0.15, -0.1) is 0 Å². The van der Waals surface area contributed by atoms with Gasteiger partial charge in [0, 0.05) is 13.1 Å². The molecule has 0 amide bonds. The Morgan fingerprint density at radius 1 is 1.54 bits per heavy atom. The molecule has 0 saturated heterocycles. The molecule has 0 aliphatic rings. The SMILES string of the molecule is CC(=O)Oc1ncccc1C(=O)O. The molecule has 1 N–H and O–H groups in total. The van der Waals surface area contributed by atoms with Gasteiger partial charge in [-0.2, -0.15) is 0 Å². The number of aromatic nitrogens is 1. The van der Waals surface area contributed by atoms with E-state index in [-0.39, 0.29) is 11.4 Å². The number of carboxylic acids is 1. The van der Waals surface area contributed by atoms with E-state index in [1.54, 1.807) is 0 Å². The molecule has 0 fully saturated rings. The fourth-order valence-electron chi connectivity index (χ4n) is 0.771. The molecule has 0 spiro atoms. The van der Waals surface area contributed by atoms with Crippen molar-refractivity contribution in [2.45, 2.75) is 6.92 Å². The molecule has 68 valence electrons. The average molecular weight is 181 g/mol. The van der Waals surface area contributed by atoms with Gasteiger partial charge in [-0.05, 0) is 12.1 Å². The molecular formula is C8H7NO4. The molecule has 0 aliphatic carbocycles. The molecule has 0 bridgehead atoms. The Morgan fingerprint density at radius 3 is 2.77 bits per heavy atom. The first-order valence-electron chi connectivity index (χ1n) is 3.48. The molecule has 0 unspecified atom stereocenters. The van der Waals surface area contributed by atoms with Crippen molar-refractivity contribution < 1.29 is 19.4 Å². The maximum absolute atomic E-state index is 10.6. The number of carbonyl (C=O) groups excluding carboxylic acids is 1. The van der Waals surface area contributed by atoms with Crippen molar-refractivity contribution >= 4 is 11.9 Å². The lowest BCUT2D eigenvalue weighted by Crippen LogP contribution is -2.08. The zero-order chi connectivity index (χ0) is 9.84. The van der Waals surface area contributed by atoms with Gasteiger partial charge in [0.2, 0.25) is 5.88 Å². The number of rotatable bonds is 2. The number of aromatic carboxylic acids is 1. The van der Waals surface area contributed by atoms with Crippen LogP contribution in [0.4, 0.5) is 0 Å². The van der Waals surface area contributed by atoms with E-state index in [1.807, 2.05) is 0 Å². The monoisotopic (exact) mass is 181 g/mol. The quantitative estimate of drug-likeness (QED) is 0.679. The third-order valence-corrected chi connectivity index (χ3v) is 1.24. The number of carboxylic acid groups (broad SMARTS) is 1. The van der Waals surface area contributed by atoms with Crippen molar-refractivity contribution in [2.24, 2.45) is 0 Å². The van der Waals surface area contributed by atoms with Crippen LogP contribution in [0.25, 0.3) is 0 Å². The molecule has 1 rings (SSSR count). The molecule has 5 heteroatoms. The molecule has 0 aromatic carbocycles. The lowest BCUT2D eigenvalue weighted by molar-refractivity contribution is -0.132. The second-order valence-corrected chi connectivity index (χ2v) is 2.25. The van der Waals surface area contributed by atoms with Crippen LogP contribution in [0.15, 0.2) is 18.3 Å². The predicted molar refractivity (Wildman–Crippen MR) is 42.5 cm³/mol. The molecule has 0 radical (unpaired) electrons. The number of esters is 1. The van der Waals surface area contributed by atoms with Crippen molar-refractivity contribution in [3.8, 4) is 5.88 Å². The van der Waals surface area contributed by atoms with Gasteiger partial charge in [0.05, 0.1) is 0 Å². The van der Waals surface area contributed by atoms with Crippen LogP contribution >= 0.6 is 0 Å². The molecule has 0 aliphatic heterocycles. The van der Waals surface area contributed by atoms with E-state index in [0.29, 0.717) is 0 Å². The van der Waals surface area contributed by atoms with Crippen molar-refractivity contribution in [3.63, 3.8) is 0 Å². The van der Waals surface area contributed by atoms with Gasteiger partial charge in [0.1, 0.15) is 5.56 Å². The van der Waals surface area contributed by atoms with E-state index in [1.165, 1.54) is 25.3 Å². The third-order valence-electron chi connectivity index (χ3n) is 1.24. The van der Waals surface area contributed by atoms with Crippen molar-refractivity contribution in [3.05, 3.63) is 23.9 Å². The highest BCUT2D eigenvalue weighted by Crippen LogP contribution is 2.13. The summed E-state index contributed by atoms with van der Waals surface area (Å²) in [5.74, 6) is -1.95. The summed E-state index contributed by atoms with van der Waals surface area (Å²) < 4.78 is 4.58. The van der Waals surface area contributed by atoms with E-state index in [9.17, 15) is 9.59 Å². The van der Waals surface area contributed by atoms with E-state index in [2.05, 4.69) is 9.72 Å². The fraction of sp³-hybridized carbons (Fsp3) is 0.125. The van der Waals surface area contributed by atoms with Crippen LogP contribution in [-0.2, 0) is 4.79 Å². The van der Waals surface area contributed by atoms with Crippen LogP contribution in [0.3, 0.4) is 0 Å². The molecule has 1 aromatic heterocycles. The Kier molecular flexibility index (Phi) is 2.59. The Bertz CT molecular complexity index is 348. The van der Waals surface area contributed by atoms with Crippen LogP contribution in [0.5, 0.6) is 5.88 Å². The van der Waals surface area contributed by atoms with E-state index < -0.39 is 11.9 Å². The summed E-state index contributed by atoms with van der Waals surface area (Å²) in [5.41, 5.74) is -0.127. The minimum absolute atomic E-state index is 0.127. The van der Waals surface area contributed by atoms with Crippen LogP contribution in [0, 0.1) is 0 Å². The molecule has 5 nitrogen and oxygen atoms in total. The van der Waals surface area contributed by atoms with Crippen LogP contribution in [0.1, 0.15) is 17.3 Å². The first-order chi connectivity index (χ1) is 6.11. The summed E-state index contributed by atoms with van der Waals surface area (Å²) in [6.45, 7) is 1.18. The zero-order valence-corrected chi connectivity index (χ0v) is 6.85. The fourth-order valence-corrected chi connectivity index (χ4v) is 0.771. The van der Waals surface area contributed by atoms with Crippen molar-refractivity contribution in [1.82, 2.24) is 4.98 Å². The third kappa shape index (κ3) is 2.26. The molecule has 0 atom stereocenters. The number of ether oxygens (including phenoxy) is 1. The van der Waals surface area contributed by atoms with Crippen LogP contribution < -0.4 is 4.74 Å². The topological polar surface area (TPSA) is 76.5 Å². The summed E-state index contributed by atoms with van der Waals surface area (Å²) >= 11 is 0. The lowest BCUT2D eigenvalue weighted by Gasteiger charge is -2.02. The number of hydrogen-bond donors (Lipinski definition) is 1. The first kappa shape index (κ1) is 9.18. The highest BCUT2D eigenvalue weighted by atomic mass is 16.5.